The van der Waals surface area contributed by atoms with Gasteiger partial charge in [-0.05, 0) is 48.8 Å². The highest BCUT2D eigenvalue weighted by Crippen LogP contribution is 2.45. The van der Waals surface area contributed by atoms with Gasteiger partial charge < -0.3 is 10.1 Å². The third-order valence-corrected chi connectivity index (χ3v) is 4.64. The van der Waals surface area contributed by atoms with Gasteiger partial charge in [0, 0.05) is 5.69 Å². The lowest BCUT2D eigenvalue weighted by molar-refractivity contribution is -0.150. The minimum atomic E-state index is -0.780. The summed E-state index contributed by atoms with van der Waals surface area (Å²) < 4.78 is 18.4. The third kappa shape index (κ3) is 3.20. The summed E-state index contributed by atoms with van der Waals surface area (Å²) >= 11 is 0. The van der Waals surface area contributed by atoms with Crippen LogP contribution in [0.4, 0.5) is 10.1 Å². The van der Waals surface area contributed by atoms with E-state index >= 15 is 0 Å². The van der Waals surface area contributed by atoms with Crippen molar-refractivity contribution in [3.05, 3.63) is 30.1 Å². The number of anilines is 1. The molecule has 0 aromatic heterocycles. The first kappa shape index (κ1) is 15.8. The van der Waals surface area contributed by atoms with Crippen LogP contribution in [0, 0.1) is 17.2 Å². The smallest absolute Gasteiger partial charge is 0.331 e. The Bertz CT molecular complexity index is 529. The molecule has 1 fully saturated rings. The molecule has 0 saturated heterocycles. The van der Waals surface area contributed by atoms with Crippen LogP contribution < -0.4 is 5.32 Å². The van der Waals surface area contributed by atoms with Gasteiger partial charge in [-0.25, -0.2) is 9.18 Å². The van der Waals surface area contributed by atoms with Gasteiger partial charge in [-0.1, -0.05) is 26.8 Å². The van der Waals surface area contributed by atoms with E-state index in [9.17, 15) is 9.18 Å². The molecule has 0 bridgehead atoms. The van der Waals surface area contributed by atoms with Gasteiger partial charge >= 0.3 is 5.97 Å². The van der Waals surface area contributed by atoms with E-state index < -0.39 is 5.54 Å². The van der Waals surface area contributed by atoms with E-state index in [0.29, 0.717) is 12.1 Å². The summed E-state index contributed by atoms with van der Waals surface area (Å²) in [5.74, 6) is -0.476. The molecule has 0 radical (unpaired) electrons. The highest BCUT2D eigenvalue weighted by atomic mass is 19.1. The number of rotatable bonds is 3. The van der Waals surface area contributed by atoms with Crippen LogP contribution in [0.5, 0.6) is 0 Å². The molecule has 1 aromatic carbocycles. The van der Waals surface area contributed by atoms with Crippen molar-refractivity contribution in [3.63, 3.8) is 0 Å². The molecular weight excluding hydrogens is 269 g/mol. The molecule has 2 unspecified atom stereocenters. The molecule has 2 atom stereocenters. The zero-order chi connectivity index (χ0) is 15.7. The molecular formula is C17H24FNO2. The van der Waals surface area contributed by atoms with Crippen molar-refractivity contribution in [2.45, 2.75) is 45.6 Å². The van der Waals surface area contributed by atoms with Crippen molar-refractivity contribution in [2.75, 3.05) is 12.4 Å². The lowest BCUT2D eigenvalue weighted by atomic mass is 9.63. The number of esters is 1. The van der Waals surface area contributed by atoms with Crippen molar-refractivity contribution < 1.29 is 13.9 Å². The maximum absolute atomic E-state index is 13.4. The fourth-order valence-corrected chi connectivity index (χ4v) is 3.43. The average Bonchev–Trinajstić information content (AvgIpc) is 2.41. The van der Waals surface area contributed by atoms with Crippen LogP contribution in [0.2, 0.25) is 0 Å². The maximum Gasteiger partial charge on any atom is 0.331 e. The predicted molar refractivity (Wildman–Crippen MR) is 81.6 cm³/mol. The largest absolute Gasteiger partial charge is 0.467 e. The van der Waals surface area contributed by atoms with Crippen molar-refractivity contribution in [1.29, 1.82) is 0 Å². The van der Waals surface area contributed by atoms with Gasteiger partial charge in [-0.3, -0.25) is 0 Å². The molecule has 3 nitrogen and oxygen atoms in total. The van der Waals surface area contributed by atoms with Crippen LogP contribution in [-0.4, -0.2) is 18.6 Å². The fraction of sp³-hybridized carbons (Fsp3) is 0.588. The maximum atomic E-state index is 13.4. The van der Waals surface area contributed by atoms with Crippen molar-refractivity contribution in [3.8, 4) is 0 Å². The van der Waals surface area contributed by atoms with Crippen molar-refractivity contribution in [2.24, 2.45) is 11.3 Å². The molecule has 1 N–H and O–H groups in total. The molecule has 1 saturated carbocycles. The molecule has 1 aromatic rings. The number of hydrogen-bond acceptors (Lipinski definition) is 3. The number of ether oxygens (including phenoxy) is 1. The minimum Gasteiger partial charge on any atom is -0.467 e. The van der Waals surface area contributed by atoms with E-state index in [0.717, 1.165) is 12.8 Å². The van der Waals surface area contributed by atoms with Crippen LogP contribution in [0.1, 0.15) is 40.0 Å². The normalized spacial score (nSPS) is 28.0. The van der Waals surface area contributed by atoms with Gasteiger partial charge in [0.05, 0.1) is 7.11 Å². The number of carbonyl (C=O) groups is 1. The Morgan fingerprint density at radius 1 is 1.38 bits per heavy atom. The standard InChI is InChI=1S/C17H24FNO2/c1-12-11-16(2,3)8-9-17(12,15(20)21-4)19-14-7-5-6-13(18)10-14/h5-7,10,12,19H,8-9,11H2,1-4H3. The summed E-state index contributed by atoms with van der Waals surface area (Å²) in [6.45, 7) is 6.49. The number of carbonyl (C=O) groups excluding carboxylic acids is 1. The van der Waals surface area contributed by atoms with Gasteiger partial charge in [0.25, 0.3) is 0 Å². The van der Waals surface area contributed by atoms with Crippen molar-refractivity contribution in [1.82, 2.24) is 0 Å². The number of halogens is 1. The molecule has 4 heteroatoms. The first-order valence-electron chi connectivity index (χ1n) is 7.41. The highest BCUT2D eigenvalue weighted by molar-refractivity contribution is 5.85. The number of nitrogens with one attached hydrogen (secondary N) is 1. The first-order valence-corrected chi connectivity index (χ1v) is 7.41. The fourth-order valence-electron chi connectivity index (χ4n) is 3.43. The Balaban J connectivity index is 2.32. The average molecular weight is 293 g/mol. The molecule has 1 aliphatic carbocycles. The number of benzene rings is 1. The second kappa shape index (κ2) is 5.66. The number of methoxy groups -OCH3 is 1. The molecule has 0 aliphatic heterocycles. The summed E-state index contributed by atoms with van der Waals surface area (Å²) in [7, 11) is 1.41. The van der Waals surface area contributed by atoms with Crippen LogP contribution in [0.25, 0.3) is 0 Å². The van der Waals surface area contributed by atoms with Crippen LogP contribution in [0.3, 0.4) is 0 Å². The summed E-state index contributed by atoms with van der Waals surface area (Å²) in [6, 6.07) is 6.22. The molecule has 0 heterocycles. The van der Waals surface area contributed by atoms with Gasteiger partial charge in [-0.2, -0.15) is 0 Å². The van der Waals surface area contributed by atoms with Gasteiger partial charge in [0.1, 0.15) is 11.4 Å². The van der Waals surface area contributed by atoms with Crippen LogP contribution in [-0.2, 0) is 9.53 Å². The van der Waals surface area contributed by atoms with Gasteiger partial charge in [0.15, 0.2) is 0 Å². The zero-order valence-electron chi connectivity index (χ0n) is 13.2. The Morgan fingerprint density at radius 2 is 2.10 bits per heavy atom. The number of hydrogen-bond donors (Lipinski definition) is 1. The quantitative estimate of drug-likeness (QED) is 0.856. The topological polar surface area (TPSA) is 38.3 Å². The summed E-state index contributed by atoms with van der Waals surface area (Å²) in [5, 5.41) is 3.26. The minimum absolute atomic E-state index is 0.108. The summed E-state index contributed by atoms with van der Waals surface area (Å²) in [5.41, 5.74) is 0.0467. The van der Waals surface area contributed by atoms with E-state index in [1.807, 2.05) is 0 Å². The lowest BCUT2D eigenvalue weighted by Crippen LogP contribution is -2.56. The zero-order valence-corrected chi connectivity index (χ0v) is 13.2. The lowest BCUT2D eigenvalue weighted by Gasteiger charge is -2.47. The second-order valence-corrected chi connectivity index (χ2v) is 6.87. The Hall–Kier alpha value is -1.58. The third-order valence-electron chi connectivity index (χ3n) is 4.64. The summed E-state index contributed by atoms with van der Waals surface area (Å²) in [4.78, 5) is 12.4. The monoisotopic (exact) mass is 293 g/mol. The van der Waals surface area contributed by atoms with E-state index in [4.69, 9.17) is 4.74 Å². The SMILES string of the molecule is COC(=O)C1(Nc2cccc(F)c2)CCC(C)(C)CC1C. The van der Waals surface area contributed by atoms with E-state index in [1.165, 1.54) is 19.2 Å². The Morgan fingerprint density at radius 3 is 2.67 bits per heavy atom. The predicted octanol–water partition coefficient (Wildman–Crippen LogP) is 4.00. The van der Waals surface area contributed by atoms with E-state index in [1.54, 1.807) is 12.1 Å². The molecule has 0 amide bonds. The molecule has 1 aliphatic rings. The van der Waals surface area contributed by atoms with Gasteiger partial charge in [-0.15, -0.1) is 0 Å². The van der Waals surface area contributed by atoms with Gasteiger partial charge in [0.2, 0.25) is 0 Å². The van der Waals surface area contributed by atoms with Crippen LogP contribution >= 0.6 is 0 Å². The Labute approximate surface area is 125 Å². The van der Waals surface area contributed by atoms with E-state index in [2.05, 4.69) is 26.1 Å². The molecule has 0 spiro atoms. The van der Waals surface area contributed by atoms with E-state index in [-0.39, 0.29) is 23.1 Å². The Kier molecular flexibility index (Phi) is 4.26. The summed E-state index contributed by atoms with van der Waals surface area (Å²) in [6.07, 6.45) is 2.53. The van der Waals surface area contributed by atoms with Crippen LogP contribution in [0.15, 0.2) is 24.3 Å². The molecule has 21 heavy (non-hydrogen) atoms. The molecule has 2 rings (SSSR count). The second-order valence-electron chi connectivity index (χ2n) is 6.87. The highest BCUT2D eigenvalue weighted by Gasteiger charge is 2.50. The molecule has 116 valence electrons. The first-order chi connectivity index (χ1) is 9.79. The van der Waals surface area contributed by atoms with Crippen molar-refractivity contribution >= 4 is 11.7 Å².